The first-order chi connectivity index (χ1) is 11.1. The van der Waals surface area contributed by atoms with E-state index in [1.807, 2.05) is 40.6 Å². The summed E-state index contributed by atoms with van der Waals surface area (Å²) in [6.45, 7) is 6.13. The lowest BCUT2D eigenvalue weighted by Crippen LogP contribution is -2.48. The van der Waals surface area contributed by atoms with Crippen molar-refractivity contribution >= 4 is 11.8 Å². The smallest absolute Gasteiger partial charge is 0.228 e. The van der Waals surface area contributed by atoms with Gasteiger partial charge in [-0.25, -0.2) is 0 Å². The highest BCUT2D eigenvalue weighted by Gasteiger charge is 2.39. The van der Waals surface area contributed by atoms with E-state index in [9.17, 15) is 9.59 Å². The van der Waals surface area contributed by atoms with E-state index in [2.05, 4.69) is 5.10 Å². The second kappa shape index (κ2) is 6.72. The van der Waals surface area contributed by atoms with Crippen LogP contribution >= 0.6 is 0 Å². The molecule has 1 aromatic rings. The van der Waals surface area contributed by atoms with Crippen molar-refractivity contribution < 1.29 is 9.59 Å². The van der Waals surface area contributed by atoms with Gasteiger partial charge in [-0.05, 0) is 39.2 Å². The fourth-order valence-corrected chi connectivity index (χ4v) is 3.74. The Morgan fingerprint density at radius 3 is 2.87 bits per heavy atom. The van der Waals surface area contributed by atoms with Crippen LogP contribution in [0.2, 0.25) is 0 Å². The van der Waals surface area contributed by atoms with Crippen LogP contribution in [0.1, 0.15) is 39.5 Å². The van der Waals surface area contributed by atoms with Crippen LogP contribution in [0.5, 0.6) is 0 Å². The Bertz CT molecular complexity index is 555. The molecule has 0 aliphatic carbocycles. The Morgan fingerprint density at radius 2 is 2.22 bits per heavy atom. The normalized spacial score (nSPS) is 25.4. The Hall–Kier alpha value is -1.85. The first-order valence-electron chi connectivity index (χ1n) is 8.63. The molecule has 0 radical (unpaired) electrons. The minimum absolute atomic E-state index is 0.110. The van der Waals surface area contributed by atoms with Crippen molar-refractivity contribution in [2.45, 2.75) is 58.2 Å². The maximum Gasteiger partial charge on any atom is 0.228 e. The zero-order valence-corrected chi connectivity index (χ0v) is 14.0. The Balaban J connectivity index is 1.68. The van der Waals surface area contributed by atoms with E-state index in [1.165, 1.54) is 0 Å². The number of hydrogen-bond acceptors (Lipinski definition) is 3. The van der Waals surface area contributed by atoms with Crippen LogP contribution in [-0.4, -0.2) is 56.6 Å². The molecule has 2 amide bonds. The minimum atomic E-state index is -0.178. The Morgan fingerprint density at radius 1 is 1.39 bits per heavy atom. The van der Waals surface area contributed by atoms with E-state index in [0.29, 0.717) is 13.0 Å². The summed E-state index contributed by atoms with van der Waals surface area (Å²) in [5.41, 5.74) is 0. The molecule has 0 spiro atoms. The summed E-state index contributed by atoms with van der Waals surface area (Å²) in [5, 5.41) is 4.27. The Labute approximate surface area is 137 Å². The molecule has 0 N–H and O–H groups in total. The molecular formula is C17H26N4O2. The van der Waals surface area contributed by atoms with Crippen molar-refractivity contribution in [3.8, 4) is 0 Å². The van der Waals surface area contributed by atoms with Crippen LogP contribution in [0.4, 0.5) is 0 Å². The van der Waals surface area contributed by atoms with Gasteiger partial charge < -0.3 is 9.80 Å². The second-order valence-electron chi connectivity index (χ2n) is 6.95. The van der Waals surface area contributed by atoms with E-state index in [-0.39, 0.29) is 29.8 Å². The van der Waals surface area contributed by atoms with Crippen molar-refractivity contribution in [3.05, 3.63) is 18.5 Å². The van der Waals surface area contributed by atoms with Crippen molar-refractivity contribution in [2.75, 3.05) is 13.1 Å². The summed E-state index contributed by atoms with van der Waals surface area (Å²) < 4.78 is 1.90. The molecule has 1 aromatic heterocycles. The van der Waals surface area contributed by atoms with Gasteiger partial charge >= 0.3 is 0 Å². The molecule has 0 bridgehead atoms. The third kappa shape index (κ3) is 3.41. The molecule has 3 heterocycles. The van der Waals surface area contributed by atoms with Crippen LogP contribution < -0.4 is 0 Å². The number of nitrogens with zero attached hydrogens (tertiary/aromatic N) is 4. The highest BCUT2D eigenvalue weighted by atomic mass is 16.2. The number of carbonyl (C=O) groups is 2. The maximum atomic E-state index is 13.0. The van der Waals surface area contributed by atoms with Gasteiger partial charge in [-0.3, -0.25) is 14.3 Å². The predicted molar refractivity (Wildman–Crippen MR) is 86.5 cm³/mol. The molecule has 0 aromatic carbocycles. The average Bonchev–Trinajstić information content (AvgIpc) is 3.16. The molecule has 126 valence electrons. The van der Waals surface area contributed by atoms with E-state index in [0.717, 1.165) is 32.4 Å². The van der Waals surface area contributed by atoms with Gasteiger partial charge in [0.15, 0.2) is 0 Å². The van der Waals surface area contributed by atoms with Gasteiger partial charge in [-0.15, -0.1) is 0 Å². The molecule has 2 atom stereocenters. The van der Waals surface area contributed by atoms with E-state index in [1.54, 1.807) is 6.20 Å². The van der Waals surface area contributed by atoms with Crippen molar-refractivity contribution in [1.29, 1.82) is 0 Å². The number of piperidine rings is 1. The topological polar surface area (TPSA) is 58.4 Å². The first-order valence-corrected chi connectivity index (χ1v) is 8.63. The fraction of sp³-hybridized carbons (Fsp3) is 0.706. The zero-order chi connectivity index (χ0) is 16.4. The standard InChI is InChI=1S/C17H26N4O2/c1-13(2)21-11-14(10-16(21)22)17(23)20-9-4-3-6-15(20)12-19-8-5-7-18-19/h5,7-8,13-15H,3-4,6,9-12H2,1-2H3/t14-,15-/m0/s1. The van der Waals surface area contributed by atoms with Gasteiger partial charge in [-0.1, -0.05) is 0 Å². The van der Waals surface area contributed by atoms with Gasteiger partial charge in [0, 0.05) is 37.9 Å². The molecule has 23 heavy (non-hydrogen) atoms. The summed E-state index contributed by atoms with van der Waals surface area (Å²) in [4.78, 5) is 28.9. The van der Waals surface area contributed by atoms with Crippen molar-refractivity contribution in [1.82, 2.24) is 19.6 Å². The highest BCUT2D eigenvalue weighted by molar-refractivity contribution is 5.89. The highest BCUT2D eigenvalue weighted by Crippen LogP contribution is 2.26. The molecule has 0 saturated carbocycles. The van der Waals surface area contributed by atoms with Gasteiger partial charge in [-0.2, -0.15) is 5.10 Å². The Kier molecular flexibility index (Phi) is 4.68. The number of rotatable bonds is 4. The van der Waals surface area contributed by atoms with Gasteiger partial charge in [0.2, 0.25) is 11.8 Å². The number of hydrogen-bond donors (Lipinski definition) is 0. The summed E-state index contributed by atoms with van der Waals surface area (Å²) >= 11 is 0. The van der Waals surface area contributed by atoms with E-state index < -0.39 is 0 Å². The molecule has 0 unspecified atom stereocenters. The zero-order valence-electron chi connectivity index (χ0n) is 14.0. The van der Waals surface area contributed by atoms with Crippen LogP contribution in [0.15, 0.2) is 18.5 Å². The summed E-state index contributed by atoms with van der Waals surface area (Å²) in [5.74, 6) is 0.0838. The maximum absolute atomic E-state index is 13.0. The number of aromatic nitrogens is 2. The summed E-state index contributed by atoms with van der Waals surface area (Å²) in [6.07, 6.45) is 7.29. The third-order valence-electron chi connectivity index (χ3n) is 5.00. The minimum Gasteiger partial charge on any atom is -0.339 e. The molecule has 3 rings (SSSR count). The van der Waals surface area contributed by atoms with E-state index >= 15 is 0 Å². The second-order valence-corrected chi connectivity index (χ2v) is 6.95. The lowest BCUT2D eigenvalue weighted by molar-refractivity contribution is -0.139. The van der Waals surface area contributed by atoms with Gasteiger partial charge in [0.1, 0.15) is 0 Å². The summed E-state index contributed by atoms with van der Waals surface area (Å²) in [7, 11) is 0. The van der Waals surface area contributed by atoms with E-state index in [4.69, 9.17) is 0 Å². The largest absolute Gasteiger partial charge is 0.339 e. The molecule has 2 saturated heterocycles. The number of likely N-dealkylation sites (tertiary alicyclic amines) is 2. The van der Waals surface area contributed by atoms with Crippen molar-refractivity contribution in [3.63, 3.8) is 0 Å². The lowest BCUT2D eigenvalue weighted by atomic mass is 9.98. The van der Waals surface area contributed by atoms with Gasteiger partial charge in [0.25, 0.3) is 0 Å². The molecule has 6 heteroatoms. The molecular weight excluding hydrogens is 292 g/mol. The van der Waals surface area contributed by atoms with Gasteiger partial charge in [0.05, 0.1) is 18.5 Å². The lowest BCUT2D eigenvalue weighted by Gasteiger charge is -2.37. The predicted octanol–water partition coefficient (Wildman–Crippen LogP) is 1.52. The molecule has 2 aliphatic heterocycles. The third-order valence-corrected chi connectivity index (χ3v) is 5.00. The summed E-state index contributed by atoms with van der Waals surface area (Å²) in [6, 6.07) is 2.27. The van der Waals surface area contributed by atoms with Crippen LogP contribution in [0.25, 0.3) is 0 Å². The van der Waals surface area contributed by atoms with Crippen LogP contribution in [0, 0.1) is 5.92 Å². The average molecular weight is 318 g/mol. The quantitative estimate of drug-likeness (QED) is 0.846. The fourth-order valence-electron chi connectivity index (χ4n) is 3.74. The SMILES string of the molecule is CC(C)N1C[C@@H](C(=O)N2CCCC[C@H]2Cn2cccn2)CC1=O. The monoisotopic (exact) mass is 318 g/mol. The van der Waals surface area contributed by atoms with Crippen LogP contribution in [-0.2, 0) is 16.1 Å². The molecule has 2 aliphatic rings. The molecule has 6 nitrogen and oxygen atoms in total. The number of carbonyl (C=O) groups excluding carboxylic acids is 2. The van der Waals surface area contributed by atoms with Crippen LogP contribution in [0.3, 0.4) is 0 Å². The molecule has 2 fully saturated rings. The first kappa shape index (κ1) is 16.0. The van der Waals surface area contributed by atoms with Crippen molar-refractivity contribution in [2.24, 2.45) is 5.92 Å². The number of amides is 2.